The molecule has 0 aliphatic heterocycles. The maximum absolute atomic E-state index is 13.1. The maximum atomic E-state index is 13.1. The van der Waals surface area contributed by atoms with Crippen LogP contribution in [-0.2, 0) is 4.79 Å². The molecule has 102 valence electrons. The summed E-state index contributed by atoms with van der Waals surface area (Å²) in [5.41, 5.74) is -0.388. The molecule has 2 fully saturated rings. The van der Waals surface area contributed by atoms with Crippen molar-refractivity contribution in [1.82, 2.24) is 0 Å². The number of hydrogen-bond acceptors (Lipinski definition) is 2. The molecule has 2 aliphatic rings. The molecule has 1 aromatic carbocycles. The first-order valence-electron chi connectivity index (χ1n) is 6.76. The monoisotopic (exact) mass is 266 g/mol. The summed E-state index contributed by atoms with van der Waals surface area (Å²) in [7, 11) is 0. The highest BCUT2D eigenvalue weighted by atomic mass is 19.1. The third-order valence-corrected chi connectivity index (χ3v) is 4.40. The van der Waals surface area contributed by atoms with Crippen molar-refractivity contribution in [1.29, 1.82) is 0 Å². The number of rotatable bonds is 2. The topological polar surface area (TPSA) is 26.3 Å². The van der Waals surface area contributed by atoms with Crippen molar-refractivity contribution in [3.05, 3.63) is 29.8 Å². The summed E-state index contributed by atoms with van der Waals surface area (Å²) in [4.78, 5) is 11.9. The van der Waals surface area contributed by atoms with Crippen LogP contribution in [0.3, 0.4) is 0 Å². The fourth-order valence-corrected chi connectivity index (χ4v) is 3.31. The average Bonchev–Trinajstić information content (AvgIpc) is 2.38. The molecule has 1 unspecified atom stereocenters. The van der Waals surface area contributed by atoms with E-state index in [2.05, 4.69) is 0 Å². The maximum Gasteiger partial charge on any atom is 0.146 e. The van der Waals surface area contributed by atoms with Crippen molar-refractivity contribution in [2.24, 2.45) is 5.41 Å². The van der Waals surface area contributed by atoms with Crippen LogP contribution in [0.4, 0.5) is 8.78 Å². The summed E-state index contributed by atoms with van der Waals surface area (Å²) in [6.45, 7) is 0. The van der Waals surface area contributed by atoms with Crippen molar-refractivity contribution >= 4 is 5.78 Å². The van der Waals surface area contributed by atoms with Gasteiger partial charge in [-0.25, -0.2) is 8.78 Å². The lowest BCUT2D eigenvalue weighted by Gasteiger charge is -2.49. The zero-order valence-electron chi connectivity index (χ0n) is 10.6. The molecule has 19 heavy (non-hydrogen) atoms. The predicted molar refractivity (Wildman–Crippen MR) is 65.9 cm³/mol. The summed E-state index contributed by atoms with van der Waals surface area (Å²) in [5, 5.41) is 0. The van der Waals surface area contributed by atoms with Crippen LogP contribution in [0, 0.1) is 17.0 Å². The highest BCUT2D eigenvalue weighted by Crippen LogP contribution is 2.50. The van der Waals surface area contributed by atoms with Gasteiger partial charge >= 0.3 is 0 Å². The fourth-order valence-electron chi connectivity index (χ4n) is 3.31. The van der Waals surface area contributed by atoms with Crippen LogP contribution in [0.1, 0.15) is 38.5 Å². The van der Waals surface area contributed by atoms with Gasteiger partial charge in [-0.3, -0.25) is 4.79 Å². The van der Waals surface area contributed by atoms with Gasteiger partial charge in [-0.15, -0.1) is 0 Å². The van der Waals surface area contributed by atoms with Crippen molar-refractivity contribution in [2.45, 2.75) is 44.6 Å². The lowest BCUT2D eigenvalue weighted by molar-refractivity contribution is -0.156. The van der Waals surface area contributed by atoms with Gasteiger partial charge in [-0.2, -0.15) is 0 Å². The lowest BCUT2D eigenvalue weighted by atomic mass is 9.57. The van der Waals surface area contributed by atoms with Gasteiger partial charge < -0.3 is 4.74 Å². The van der Waals surface area contributed by atoms with E-state index in [-0.39, 0.29) is 23.1 Å². The molecule has 1 spiro atoms. The minimum atomic E-state index is -0.654. The second-order valence-electron chi connectivity index (χ2n) is 5.56. The molecule has 0 radical (unpaired) electrons. The van der Waals surface area contributed by atoms with E-state index in [1.807, 2.05) is 0 Å². The first kappa shape index (κ1) is 12.6. The SMILES string of the molecule is O=C1CC(Oc2cc(F)cc(F)c2)C12CCCCC2. The van der Waals surface area contributed by atoms with E-state index >= 15 is 0 Å². The summed E-state index contributed by atoms with van der Waals surface area (Å²) in [5.74, 6) is -0.884. The van der Waals surface area contributed by atoms with Gasteiger partial charge in [0.05, 0.1) is 5.41 Å². The third kappa shape index (κ3) is 2.13. The van der Waals surface area contributed by atoms with Gasteiger partial charge in [0, 0.05) is 24.6 Å². The molecule has 4 heteroatoms. The van der Waals surface area contributed by atoms with E-state index in [0.29, 0.717) is 6.42 Å². The first-order chi connectivity index (χ1) is 9.10. The zero-order valence-corrected chi connectivity index (χ0v) is 10.6. The molecule has 0 bridgehead atoms. The van der Waals surface area contributed by atoms with Crippen LogP contribution in [-0.4, -0.2) is 11.9 Å². The number of ketones is 1. The van der Waals surface area contributed by atoms with E-state index < -0.39 is 11.6 Å². The Kier molecular flexibility index (Phi) is 3.03. The lowest BCUT2D eigenvalue weighted by Crippen LogP contribution is -2.57. The van der Waals surface area contributed by atoms with Crippen molar-refractivity contribution < 1.29 is 18.3 Å². The first-order valence-corrected chi connectivity index (χ1v) is 6.76. The molecular weight excluding hydrogens is 250 g/mol. The van der Waals surface area contributed by atoms with E-state index in [1.54, 1.807) is 0 Å². The molecule has 0 amide bonds. The molecule has 0 aromatic heterocycles. The Balaban J connectivity index is 1.78. The highest BCUT2D eigenvalue weighted by molar-refractivity contribution is 5.92. The van der Waals surface area contributed by atoms with Crippen LogP contribution >= 0.6 is 0 Å². The van der Waals surface area contributed by atoms with Crippen molar-refractivity contribution in [2.75, 3.05) is 0 Å². The van der Waals surface area contributed by atoms with E-state index in [4.69, 9.17) is 4.74 Å². The number of halogens is 2. The normalized spacial score (nSPS) is 25.2. The summed E-state index contributed by atoms with van der Waals surface area (Å²) in [6.07, 6.45) is 5.03. The van der Waals surface area contributed by atoms with Crippen LogP contribution in [0.15, 0.2) is 18.2 Å². The second-order valence-corrected chi connectivity index (χ2v) is 5.56. The number of carbonyl (C=O) groups excluding carboxylic acids is 1. The Morgan fingerprint density at radius 1 is 1.05 bits per heavy atom. The van der Waals surface area contributed by atoms with Gasteiger partial charge in [0.2, 0.25) is 0 Å². The fraction of sp³-hybridized carbons (Fsp3) is 0.533. The molecule has 1 atom stereocenters. The Hall–Kier alpha value is -1.45. The number of benzene rings is 1. The van der Waals surface area contributed by atoms with Gasteiger partial charge in [-0.05, 0) is 12.8 Å². The Labute approximate surface area is 110 Å². The molecular formula is C15H16F2O2. The van der Waals surface area contributed by atoms with Crippen LogP contribution in [0.5, 0.6) is 5.75 Å². The minimum Gasteiger partial charge on any atom is -0.489 e. The number of ether oxygens (including phenoxy) is 1. The van der Waals surface area contributed by atoms with Gasteiger partial charge in [0.1, 0.15) is 29.3 Å². The molecule has 0 saturated heterocycles. The van der Waals surface area contributed by atoms with Crippen molar-refractivity contribution in [3.63, 3.8) is 0 Å². The largest absolute Gasteiger partial charge is 0.489 e. The predicted octanol–water partition coefficient (Wildman–Crippen LogP) is 3.64. The van der Waals surface area contributed by atoms with Gasteiger partial charge in [-0.1, -0.05) is 19.3 Å². The number of Topliss-reactive ketones (excluding diaryl/α,β-unsaturated/α-hetero) is 1. The summed E-state index contributed by atoms with van der Waals surface area (Å²) < 4.78 is 31.9. The number of hydrogen-bond donors (Lipinski definition) is 0. The van der Waals surface area contributed by atoms with Crippen LogP contribution < -0.4 is 4.74 Å². The van der Waals surface area contributed by atoms with Gasteiger partial charge in [0.25, 0.3) is 0 Å². The molecule has 2 saturated carbocycles. The van der Waals surface area contributed by atoms with E-state index in [0.717, 1.165) is 38.2 Å². The van der Waals surface area contributed by atoms with E-state index in [1.165, 1.54) is 12.1 Å². The molecule has 3 rings (SSSR count). The standard InChI is InChI=1S/C15H16F2O2/c16-10-6-11(17)8-12(7-10)19-14-9-13(18)15(14)4-2-1-3-5-15/h6-8,14H,1-5,9H2. The number of carbonyl (C=O) groups is 1. The van der Waals surface area contributed by atoms with Crippen molar-refractivity contribution in [3.8, 4) is 5.75 Å². The summed E-state index contributed by atoms with van der Waals surface area (Å²) >= 11 is 0. The van der Waals surface area contributed by atoms with E-state index in [9.17, 15) is 13.6 Å². The minimum absolute atomic E-state index is 0.181. The second kappa shape index (κ2) is 4.58. The Morgan fingerprint density at radius 3 is 2.26 bits per heavy atom. The molecule has 2 nitrogen and oxygen atoms in total. The highest BCUT2D eigenvalue weighted by Gasteiger charge is 2.56. The van der Waals surface area contributed by atoms with Gasteiger partial charge in [0.15, 0.2) is 0 Å². The average molecular weight is 266 g/mol. The molecule has 0 N–H and O–H groups in total. The Bertz CT molecular complexity index is 487. The molecule has 2 aliphatic carbocycles. The van der Waals surface area contributed by atoms with Crippen LogP contribution in [0.25, 0.3) is 0 Å². The summed E-state index contributed by atoms with van der Waals surface area (Å²) in [6, 6.07) is 3.15. The zero-order chi connectivity index (χ0) is 13.5. The molecule has 0 heterocycles. The molecule has 1 aromatic rings. The quantitative estimate of drug-likeness (QED) is 0.817. The third-order valence-electron chi connectivity index (χ3n) is 4.40. The smallest absolute Gasteiger partial charge is 0.146 e. The van der Waals surface area contributed by atoms with Crippen LogP contribution in [0.2, 0.25) is 0 Å². The Morgan fingerprint density at radius 2 is 1.68 bits per heavy atom.